The van der Waals surface area contributed by atoms with E-state index in [9.17, 15) is 14.4 Å². The number of benzene rings is 2. The Morgan fingerprint density at radius 2 is 1.59 bits per heavy atom. The zero-order valence-electron chi connectivity index (χ0n) is 20.4. The molecule has 184 valence electrons. The highest BCUT2D eigenvalue weighted by Gasteiger charge is 2.16. The largest absolute Gasteiger partial charge is 0.494 e. The minimum Gasteiger partial charge on any atom is -0.494 e. The molecule has 8 heteroatoms. The summed E-state index contributed by atoms with van der Waals surface area (Å²) in [5.74, 6) is 0.454. The fourth-order valence-electron chi connectivity index (χ4n) is 2.94. The zero-order valence-corrected chi connectivity index (χ0v) is 20.4. The molecule has 0 bridgehead atoms. The first-order valence-corrected chi connectivity index (χ1v) is 11.4. The Labute approximate surface area is 201 Å². The van der Waals surface area contributed by atoms with E-state index in [-0.39, 0.29) is 24.8 Å². The second-order valence-corrected chi connectivity index (χ2v) is 8.93. The Balaban J connectivity index is 1.70. The van der Waals surface area contributed by atoms with Gasteiger partial charge >= 0.3 is 6.09 Å². The number of aryl methyl sites for hydroxylation is 1. The maximum Gasteiger partial charge on any atom is 0.407 e. The van der Waals surface area contributed by atoms with Crippen LogP contribution in [0, 0.1) is 6.92 Å². The van der Waals surface area contributed by atoms with Crippen molar-refractivity contribution in [2.45, 2.75) is 59.1 Å². The van der Waals surface area contributed by atoms with Crippen molar-refractivity contribution < 1.29 is 23.9 Å². The molecule has 0 aliphatic carbocycles. The third-order valence-corrected chi connectivity index (χ3v) is 4.63. The number of hydrogen-bond donors (Lipinski definition) is 3. The summed E-state index contributed by atoms with van der Waals surface area (Å²) >= 11 is 0. The molecular formula is C26H35N3O5. The van der Waals surface area contributed by atoms with E-state index < -0.39 is 11.7 Å². The topological polar surface area (TPSA) is 106 Å². The quantitative estimate of drug-likeness (QED) is 0.425. The van der Waals surface area contributed by atoms with E-state index >= 15 is 0 Å². The van der Waals surface area contributed by atoms with E-state index in [1.165, 1.54) is 5.56 Å². The molecule has 0 spiro atoms. The molecule has 0 atom stereocenters. The van der Waals surface area contributed by atoms with E-state index in [2.05, 4.69) is 16.0 Å². The highest BCUT2D eigenvalue weighted by atomic mass is 16.6. The number of alkyl carbamates (subject to hydrolysis) is 1. The van der Waals surface area contributed by atoms with Crippen LogP contribution in [0.1, 0.15) is 51.2 Å². The second kappa shape index (κ2) is 13.2. The van der Waals surface area contributed by atoms with Gasteiger partial charge in [0, 0.05) is 31.6 Å². The smallest absolute Gasteiger partial charge is 0.407 e. The molecule has 0 heterocycles. The lowest BCUT2D eigenvalue weighted by atomic mass is 10.1. The normalized spacial score (nSPS) is 10.8. The molecule has 0 fully saturated rings. The molecule has 0 aliphatic heterocycles. The van der Waals surface area contributed by atoms with Crippen LogP contribution in [-0.4, -0.2) is 36.7 Å². The minimum absolute atomic E-state index is 0.0878. The van der Waals surface area contributed by atoms with Crippen LogP contribution in [-0.2, 0) is 20.9 Å². The Morgan fingerprint density at radius 1 is 0.882 bits per heavy atom. The molecule has 34 heavy (non-hydrogen) atoms. The van der Waals surface area contributed by atoms with Gasteiger partial charge < -0.3 is 25.4 Å². The fourth-order valence-corrected chi connectivity index (χ4v) is 2.94. The number of anilines is 1. The monoisotopic (exact) mass is 469 g/mol. The van der Waals surface area contributed by atoms with Crippen molar-refractivity contribution in [2.24, 2.45) is 0 Å². The number of ether oxygens (including phenoxy) is 2. The first kappa shape index (κ1) is 26.7. The summed E-state index contributed by atoms with van der Waals surface area (Å²) in [5, 5.41) is 8.27. The molecule has 0 unspecified atom stereocenters. The first-order chi connectivity index (χ1) is 16.1. The van der Waals surface area contributed by atoms with Crippen molar-refractivity contribution in [3.63, 3.8) is 0 Å². The summed E-state index contributed by atoms with van der Waals surface area (Å²) in [4.78, 5) is 36.1. The SMILES string of the molecule is Cc1ccc(OCCCC(=O)NCc2ccccc2NC(=O)CCNC(=O)OC(C)(C)C)cc1. The number of carbonyl (C=O) groups excluding carboxylic acids is 3. The number of hydrogen-bond acceptors (Lipinski definition) is 5. The number of para-hydroxylation sites is 1. The Morgan fingerprint density at radius 3 is 2.29 bits per heavy atom. The van der Waals surface area contributed by atoms with E-state index in [1.54, 1.807) is 26.8 Å². The van der Waals surface area contributed by atoms with Crippen LogP contribution in [0.2, 0.25) is 0 Å². The van der Waals surface area contributed by atoms with Crippen molar-refractivity contribution >= 4 is 23.6 Å². The van der Waals surface area contributed by atoms with Crippen molar-refractivity contribution in [1.29, 1.82) is 0 Å². The van der Waals surface area contributed by atoms with Crippen molar-refractivity contribution in [3.05, 3.63) is 59.7 Å². The van der Waals surface area contributed by atoms with Crippen molar-refractivity contribution in [1.82, 2.24) is 10.6 Å². The van der Waals surface area contributed by atoms with Crippen molar-refractivity contribution in [2.75, 3.05) is 18.5 Å². The highest BCUT2D eigenvalue weighted by molar-refractivity contribution is 5.92. The summed E-state index contributed by atoms with van der Waals surface area (Å²) in [7, 11) is 0. The number of rotatable bonds is 11. The van der Waals surface area contributed by atoms with Gasteiger partial charge in [0.1, 0.15) is 11.4 Å². The van der Waals surface area contributed by atoms with Crippen molar-refractivity contribution in [3.8, 4) is 5.75 Å². The van der Waals surface area contributed by atoms with Crippen LogP contribution in [0.4, 0.5) is 10.5 Å². The first-order valence-electron chi connectivity index (χ1n) is 11.4. The minimum atomic E-state index is -0.593. The Bertz CT molecular complexity index is 952. The van der Waals surface area contributed by atoms with Gasteiger partial charge in [-0.1, -0.05) is 35.9 Å². The molecule has 2 aromatic rings. The second-order valence-electron chi connectivity index (χ2n) is 8.93. The lowest BCUT2D eigenvalue weighted by Gasteiger charge is -2.19. The molecule has 8 nitrogen and oxygen atoms in total. The Hall–Kier alpha value is -3.55. The van der Waals surface area contributed by atoms with Gasteiger partial charge in [0.05, 0.1) is 6.61 Å². The van der Waals surface area contributed by atoms with Crippen LogP contribution in [0.15, 0.2) is 48.5 Å². The van der Waals surface area contributed by atoms with Crippen LogP contribution in [0.5, 0.6) is 5.75 Å². The Kier molecular flexibility index (Phi) is 10.4. The predicted octanol–water partition coefficient (Wildman–Crippen LogP) is 4.32. The lowest BCUT2D eigenvalue weighted by molar-refractivity contribution is -0.121. The lowest BCUT2D eigenvalue weighted by Crippen LogP contribution is -2.34. The molecular weight excluding hydrogens is 434 g/mol. The molecule has 0 saturated heterocycles. The molecule has 0 aromatic heterocycles. The summed E-state index contributed by atoms with van der Waals surface area (Å²) in [5.41, 5.74) is 1.98. The van der Waals surface area contributed by atoms with Gasteiger partial charge in [-0.25, -0.2) is 4.79 Å². The van der Waals surface area contributed by atoms with Gasteiger partial charge in [-0.05, 0) is 57.9 Å². The third-order valence-electron chi connectivity index (χ3n) is 4.63. The molecule has 3 amide bonds. The fraction of sp³-hybridized carbons (Fsp3) is 0.423. The van der Waals surface area contributed by atoms with Gasteiger partial charge in [-0.15, -0.1) is 0 Å². The summed E-state index contributed by atoms with van der Waals surface area (Å²) in [6.45, 7) is 8.24. The maximum absolute atomic E-state index is 12.3. The molecule has 2 aromatic carbocycles. The van der Waals surface area contributed by atoms with Gasteiger partial charge in [0.2, 0.25) is 11.8 Å². The van der Waals surface area contributed by atoms with E-state index in [0.29, 0.717) is 31.7 Å². The van der Waals surface area contributed by atoms with Gasteiger partial charge in [-0.2, -0.15) is 0 Å². The predicted molar refractivity (Wildman–Crippen MR) is 132 cm³/mol. The van der Waals surface area contributed by atoms with Crippen LogP contribution in [0.3, 0.4) is 0 Å². The number of amides is 3. The average molecular weight is 470 g/mol. The summed E-state index contributed by atoms with van der Waals surface area (Å²) in [6.07, 6.45) is 0.480. The summed E-state index contributed by atoms with van der Waals surface area (Å²) < 4.78 is 10.8. The molecule has 0 saturated carbocycles. The molecule has 0 radical (unpaired) electrons. The van der Waals surface area contributed by atoms with Crippen LogP contribution >= 0.6 is 0 Å². The number of carbonyl (C=O) groups is 3. The third kappa shape index (κ3) is 10.8. The van der Waals surface area contributed by atoms with E-state index in [4.69, 9.17) is 9.47 Å². The van der Waals surface area contributed by atoms with Gasteiger partial charge in [-0.3, -0.25) is 9.59 Å². The average Bonchev–Trinajstić information content (AvgIpc) is 2.76. The van der Waals surface area contributed by atoms with E-state index in [1.807, 2.05) is 49.4 Å². The zero-order chi connectivity index (χ0) is 25.0. The highest BCUT2D eigenvalue weighted by Crippen LogP contribution is 2.15. The van der Waals surface area contributed by atoms with E-state index in [0.717, 1.165) is 11.3 Å². The maximum atomic E-state index is 12.3. The molecule has 0 aliphatic rings. The van der Waals surface area contributed by atoms with Gasteiger partial charge in [0.25, 0.3) is 0 Å². The van der Waals surface area contributed by atoms with Crippen LogP contribution in [0.25, 0.3) is 0 Å². The van der Waals surface area contributed by atoms with Gasteiger partial charge in [0.15, 0.2) is 0 Å². The van der Waals surface area contributed by atoms with Crippen LogP contribution < -0.4 is 20.7 Å². The standard InChI is InChI=1S/C26H35N3O5/c1-19-11-13-21(14-12-19)33-17-7-10-23(30)28-18-20-8-5-6-9-22(20)29-24(31)15-16-27-25(32)34-26(2,3)4/h5-6,8-9,11-14H,7,10,15-18H2,1-4H3,(H,27,32)(H,28,30)(H,29,31). The molecule has 2 rings (SSSR count). The summed E-state index contributed by atoms with van der Waals surface area (Å²) in [6, 6.07) is 15.1. The molecule has 3 N–H and O–H groups in total. The number of nitrogens with one attached hydrogen (secondary N) is 3.